The zero-order valence-corrected chi connectivity index (χ0v) is 9.04. The van der Waals surface area contributed by atoms with Crippen LogP contribution in [0.5, 0.6) is 0 Å². The van der Waals surface area contributed by atoms with Gasteiger partial charge >= 0.3 is 0 Å². The zero-order chi connectivity index (χ0) is 10.8. The van der Waals surface area contributed by atoms with Crippen LogP contribution in [0.2, 0.25) is 0 Å². The molecule has 1 saturated heterocycles. The first-order valence-corrected chi connectivity index (χ1v) is 5.38. The third-order valence-corrected chi connectivity index (χ3v) is 2.90. The molecule has 0 aromatic heterocycles. The van der Waals surface area contributed by atoms with Gasteiger partial charge in [0.15, 0.2) is 0 Å². The maximum absolute atomic E-state index is 13.5. The normalized spacial score (nSPS) is 22.2. The fourth-order valence-corrected chi connectivity index (χ4v) is 2.07. The highest BCUT2D eigenvalue weighted by Crippen LogP contribution is 2.16. The number of benzene rings is 1. The van der Waals surface area contributed by atoms with Crippen molar-refractivity contribution < 1.29 is 4.39 Å². The van der Waals surface area contributed by atoms with E-state index >= 15 is 0 Å². The Hall–Kier alpha value is -0.930. The van der Waals surface area contributed by atoms with Gasteiger partial charge in [-0.25, -0.2) is 4.39 Å². The van der Waals surface area contributed by atoms with E-state index in [1.54, 1.807) is 12.1 Å². The Labute approximate surface area is 89.9 Å². The molecule has 1 aromatic carbocycles. The summed E-state index contributed by atoms with van der Waals surface area (Å²) in [5.41, 5.74) is 7.70. The summed E-state index contributed by atoms with van der Waals surface area (Å²) in [5.74, 6) is -0.110. The van der Waals surface area contributed by atoms with Crippen molar-refractivity contribution in [2.24, 2.45) is 5.73 Å². The second-order valence-electron chi connectivity index (χ2n) is 4.38. The van der Waals surface area contributed by atoms with Gasteiger partial charge in [-0.05, 0) is 19.4 Å². The molecule has 15 heavy (non-hydrogen) atoms. The van der Waals surface area contributed by atoms with Gasteiger partial charge in [-0.15, -0.1) is 0 Å². The average Bonchev–Trinajstić information content (AvgIpc) is 2.58. The van der Waals surface area contributed by atoms with Gasteiger partial charge in [0.1, 0.15) is 5.82 Å². The standard InChI is InChI=1S/C12H17FN2/c1-9-2-3-12(13)10(6-9)7-15-5-4-11(14)8-15/h2-3,6,11H,4-5,7-8,14H2,1H3/t11-/m0/s1. The van der Waals surface area contributed by atoms with Gasteiger partial charge in [0.05, 0.1) is 0 Å². The molecule has 0 amide bonds. The van der Waals surface area contributed by atoms with Crippen LogP contribution in [0.15, 0.2) is 18.2 Å². The molecule has 0 aliphatic carbocycles. The van der Waals surface area contributed by atoms with Crippen molar-refractivity contribution in [2.45, 2.75) is 25.9 Å². The smallest absolute Gasteiger partial charge is 0.127 e. The van der Waals surface area contributed by atoms with Gasteiger partial charge in [-0.1, -0.05) is 17.7 Å². The Morgan fingerprint density at radius 3 is 3.00 bits per heavy atom. The molecule has 82 valence electrons. The van der Waals surface area contributed by atoms with E-state index in [4.69, 9.17) is 5.73 Å². The van der Waals surface area contributed by atoms with Crippen molar-refractivity contribution in [1.29, 1.82) is 0 Å². The van der Waals surface area contributed by atoms with E-state index in [9.17, 15) is 4.39 Å². The van der Waals surface area contributed by atoms with Crippen molar-refractivity contribution in [1.82, 2.24) is 4.90 Å². The first-order chi connectivity index (χ1) is 7.15. The van der Waals surface area contributed by atoms with Crippen molar-refractivity contribution in [3.05, 3.63) is 35.1 Å². The van der Waals surface area contributed by atoms with Crippen LogP contribution in [0.1, 0.15) is 17.5 Å². The summed E-state index contributed by atoms with van der Waals surface area (Å²) in [6.07, 6.45) is 1.02. The van der Waals surface area contributed by atoms with Gasteiger partial charge in [-0.2, -0.15) is 0 Å². The second kappa shape index (κ2) is 4.29. The minimum atomic E-state index is -0.110. The van der Waals surface area contributed by atoms with E-state index in [-0.39, 0.29) is 11.9 Å². The lowest BCUT2D eigenvalue weighted by Gasteiger charge is -2.15. The molecule has 0 spiro atoms. The summed E-state index contributed by atoms with van der Waals surface area (Å²) in [7, 11) is 0. The fraction of sp³-hybridized carbons (Fsp3) is 0.500. The Kier molecular flexibility index (Phi) is 3.03. The number of rotatable bonds is 2. The first kappa shape index (κ1) is 10.6. The highest BCUT2D eigenvalue weighted by Gasteiger charge is 2.19. The molecule has 1 aliphatic rings. The van der Waals surface area contributed by atoms with E-state index in [1.165, 1.54) is 0 Å². The number of hydrogen-bond acceptors (Lipinski definition) is 2. The highest BCUT2D eigenvalue weighted by atomic mass is 19.1. The first-order valence-electron chi connectivity index (χ1n) is 5.38. The Morgan fingerprint density at radius 2 is 2.33 bits per heavy atom. The molecule has 1 atom stereocenters. The van der Waals surface area contributed by atoms with Crippen LogP contribution < -0.4 is 5.73 Å². The molecule has 2 N–H and O–H groups in total. The lowest BCUT2D eigenvalue weighted by Crippen LogP contribution is -2.26. The minimum absolute atomic E-state index is 0.110. The van der Waals surface area contributed by atoms with E-state index in [0.717, 1.165) is 30.6 Å². The monoisotopic (exact) mass is 208 g/mol. The fourth-order valence-electron chi connectivity index (χ4n) is 2.07. The van der Waals surface area contributed by atoms with Crippen LogP contribution in [0, 0.1) is 12.7 Å². The van der Waals surface area contributed by atoms with E-state index in [0.29, 0.717) is 6.54 Å². The molecule has 0 saturated carbocycles. The largest absolute Gasteiger partial charge is 0.326 e. The maximum atomic E-state index is 13.5. The molecule has 1 aromatic rings. The van der Waals surface area contributed by atoms with E-state index in [1.807, 2.05) is 13.0 Å². The minimum Gasteiger partial charge on any atom is -0.326 e. The van der Waals surface area contributed by atoms with E-state index in [2.05, 4.69) is 4.90 Å². The summed E-state index contributed by atoms with van der Waals surface area (Å²) in [6, 6.07) is 5.52. The maximum Gasteiger partial charge on any atom is 0.127 e. The van der Waals surface area contributed by atoms with Crippen LogP contribution >= 0.6 is 0 Å². The Morgan fingerprint density at radius 1 is 1.53 bits per heavy atom. The van der Waals surface area contributed by atoms with Gasteiger partial charge in [-0.3, -0.25) is 4.90 Å². The van der Waals surface area contributed by atoms with Crippen molar-refractivity contribution in [3.63, 3.8) is 0 Å². The third kappa shape index (κ3) is 2.55. The molecule has 2 nitrogen and oxygen atoms in total. The quantitative estimate of drug-likeness (QED) is 0.801. The lowest BCUT2D eigenvalue weighted by atomic mass is 10.1. The molecule has 1 aliphatic heterocycles. The Balaban J connectivity index is 2.07. The van der Waals surface area contributed by atoms with Crippen LogP contribution in [-0.2, 0) is 6.54 Å². The zero-order valence-electron chi connectivity index (χ0n) is 9.04. The summed E-state index contributed by atoms with van der Waals surface area (Å²) < 4.78 is 13.5. The summed E-state index contributed by atoms with van der Waals surface area (Å²) in [5, 5.41) is 0. The molecular weight excluding hydrogens is 191 g/mol. The molecule has 1 fully saturated rings. The van der Waals surface area contributed by atoms with Gasteiger partial charge in [0.25, 0.3) is 0 Å². The summed E-state index contributed by atoms with van der Waals surface area (Å²) in [6.45, 7) is 4.53. The topological polar surface area (TPSA) is 29.3 Å². The van der Waals surface area contributed by atoms with Crippen LogP contribution in [0.25, 0.3) is 0 Å². The van der Waals surface area contributed by atoms with Crippen LogP contribution in [0.3, 0.4) is 0 Å². The summed E-state index contributed by atoms with van der Waals surface area (Å²) in [4.78, 5) is 2.21. The molecule has 0 radical (unpaired) electrons. The van der Waals surface area contributed by atoms with Gasteiger partial charge < -0.3 is 5.73 Å². The predicted molar refractivity (Wildman–Crippen MR) is 59.0 cm³/mol. The number of nitrogens with zero attached hydrogens (tertiary/aromatic N) is 1. The number of likely N-dealkylation sites (tertiary alicyclic amines) is 1. The SMILES string of the molecule is Cc1ccc(F)c(CN2CC[C@H](N)C2)c1. The second-order valence-corrected chi connectivity index (χ2v) is 4.38. The molecule has 0 unspecified atom stereocenters. The summed E-state index contributed by atoms with van der Waals surface area (Å²) >= 11 is 0. The third-order valence-electron chi connectivity index (χ3n) is 2.90. The van der Waals surface area contributed by atoms with Gasteiger partial charge in [0, 0.05) is 31.2 Å². The molecule has 0 bridgehead atoms. The van der Waals surface area contributed by atoms with Crippen LogP contribution in [0.4, 0.5) is 4.39 Å². The molecule has 3 heteroatoms. The predicted octanol–water partition coefficient (Wildman–Crippen LogP) is 1.67. The Bertz CT molecular complexity index is 351. The van der Waals surface area contributed by atoms with Crippen molar-refractivity contribution >= 4 is 0 Å². The number of aryl methyl sites for hydroxylation is 1. The highest BCUT2D eigenvalue weighted by molar-refractivity contribution is 5.24. The lowest BCUT2D eigenvalue weighted by molar-refractivity contribution is 0.321. The average molecular weight is 208 g/mol. The molecule has 1 heterocycles. The van der Waals surface area contributed by atoms with Gasteiger partial charge in [0.2, 0.25) is 0 Å². The molecular formula is C12H17FN2. The number of hydrogen-bond donors (Lipinski definition) is 1. The van der Waals surface area contributed by atoms with Crippen molar-refractivity contribution in [2.75, 3.05) is 13.1 Å². The van der Waals surface area contributed by atoms with Crippen molar-refractivity contribution in [3.8, 4) is 0 Å². The van der Waals surface area contributed by atoms with Crippen LogP contribution in [-0.4, -0.2) is 24.0 Å². The number of halogens is 1. The molecule has 2 rings (SSSR count). The van der Waals surface area contributed by atoms with E-state index < -0.39 is 0 Å². The number of nitrogens with two attached hydrogens (primary N) is 1.